The highest BCUT2D eigenvalue weighted by Crippen LogP contribution is 2.31. The lowest BCUT2D eigenvalue weighted by atomic mass is 9.84. The zero-order chi connectivity index (χ0) is 20.9. The zero-order valence-corrected chi connectivity index (χ0v) is 21.1. The monoisotopic (exact) mass is 436 g/mol. The van der Waals surface area contributed by atoms with Crippen molar-refractivity contribution >= 4 is 16.6 Å². The molecule has 1 aliphatic rings. The van der Waals surface area contributed by atoms with Gasteiger partial charge in [-0.15, -0.1) is 0 Å². The Morgan fingerprint density at radius 1 is 0.750 bits per heavy atom. The first-order chi connectivity index (χ1) is 13.2. The SMILES string of the molecule is CCC1(COCCOCCOCCOCCC[Si](C)(C)O[Si](C)(C)C)COC1. The molecule has 168 valence electrons. The van der Waals surface area contributed by atoms with E-state index in [1.165, 1.54) is 0 Å². The van der Waals surface area contributed by atoms with Crippen molar-refractivity contribution < 1.29 is 27.8 Å². The number of hydrogen-bond acceptors (Lipinski definition) is 6. The van der Waals surface area contributed by atoms with Crippen LogP contribution in [0.3, 0.4) is 0 Å². The molecular weight excluding hydrogens is 392 g/mol. The Bertz CT molecular complexity index is 391. The quantitative estimate of drug-likeness (QED) is 0.240. The predicted molar refractivity (Wildman–Crippen MR) is 118 cm³/mol. The number of ether oxygens (including phenoxy) is 5. The van der Waals surface area contributed by atoms with E-state index in [-0.39, 0.29) is 5.41 Å². The lowest BCUT2D eigenvalue weighted by Gasteiger charge is -2.40. The van der Waals surface area contributed by atoms with Crippen molar-refractivity contribution in [1.82, 2.24) is 0 Å². The second-order valence-electron chi connectivity index (χ2n) is 9.31. The van der Waals surface area contributed by atoms with Crippen molar-refractivity contribution in [1.29, 1.82) is 0 Å². The molecule has 1 saturated heterocycles. The van der Waals surface area contributed by atoms with Gasteiger partial charge in [-0.2, -0.15) is 0 Å². The first-order valence-electron chi connectivity index (χ1n) is 10.8. The molecule has 0 amide bonds. The van der Waals surface area contributed by atoms with Gasteiger partial charge in [-0.1, -0.05) is 6.92 Å². The third-order valence-electron chi connectivity index (χ3n) is 4.74. The molecule has 0 bridgehead atoms. The van der Waals surface area contributed by atoms with Crippen molar-refractivity contribution in [3.63, 3.8) is 0 Å². The second-order valence-corrected chi connectivity index (χ2v) is 18.4. The fourth-order valence-electron chi connectivity index (χ4n) is 3.21. The van der Waals surface area contributed by atoms with Crippen molar-refractivity contribution in [3.8, 4) is 0 Å². The van der Waals surface area contributed by atoms with Crippen molar-refractivity contribution in [2.45, 2.75) is 58.5 Å². The Balaban J connectivity index is 1.81. The standard InChI is InChI=1S/C20H44O6Si2/c1-7-20(18-25-19-20)17-24-15-14-23-13-12-22-11-10-21-9-8-16-28(5,6)26-27(2,3)4/h7-19H2,1-6H3. The van der Waals surface area contributed by atoms with Gasteiger partial charge >= 0.3 is 0 Å². The van der Waals surface area contributed by atoms with E-state index in [9.17, 15) is 0 Å². The molecule has 1 heterocycles. The third-order valence-corrected chi connectivity index (χ3v) is 11.0. The maximum atomic E-state index is 6.33. The molecular formula is C20H44O6Si2. The van der Waals surface area contributed by atoms with Crippen LogP contribution in [0.1, 0.15) is 19.8 Å². The van der Waals surface area contributed by atoms with E-state index < -0.39 is 16.6 Å². The van der Waals surface area contributed by atoms with Gasteiger partial charge < -0.3 is 27.8 Å². The van der Waals surface area contributed by atoms with Crippen LogP contribution in [0.2, 0.25) is 38.8 Å². The van der Waals surface area contributed by atoms with Crippen LogP contribution in [0.15, 0.2) is 0 Å². The van der Waals surface area contributed by atoms with Crippen LogP contribution < -0.4 is 0 Å². The molecule has 0 atom stereocenters. The maximum absolute atomic E-state index is 6.33. The van der Waals surface area contributed by atoms with Gasteiger partial charge in [-0.3, -0.25) is 0 Å². The van der Waals surface area contributed by atoms with Gasteiger partial charge in [0.2, 0.25) is 0 Å². The minimum Gasteiger partial charge on any atom is -0.456 e. The van der Waals surface area contributed by atoms with Crippen LogP contribution in [-0.2, 0) is 27.8 Å². The zero-order valence-electron chi connectivity index (χ0n) is 19.1. The Labute approximate surface area is 174 Å². The molecule has 0 radical (unpaired) electrons. The summed E-state index contributed by atoms with van der Waals surface area (Å²) in [6.45, 7) is 20.5. The van der Waals surface area contributed by atoms with E-state index >= 15 is 0 Å². The average molecular weight is 437 g/mol. The number of rotatable bonds is 18. The second kappa shape index (κ2) is 13.5. The summed E-state index contributed by atoms with van der Waals surface area (Å²) in [5.74, 6) is 0. The van der Waals surface area contributed by atoms with Gasteiger partial charge in [0.15, 0.2) is 16.6 Å². The lowest BCUT2D eigenvalue weighted by Crippen LogP contribution is -2.45. The smallest absolute Gasteiger partial charge is 0.173 e. The van der Waals surface area contributed by atoms with Crippen LogP contribution in [-0.4, -0.2) is 82.7 Å². The van der Waals surface area contributed by atoms with Gasteiger partial charge in [-0.05, 0) is 51.6 Å². The molecule has 0 spiro atoms. The molecule has 1 fully saturated rings. The van der Waals surface area contributed by atoms with Gasteiger partial charge in [0.05, 0.1) is 59.5 Å². The van der Waals surface area contributed by atoms with Crippen molar-refractivity contribution in [2.24, 2.45) is 5.41 Å². The van der Waals surface area contributed by atoms with Gasteiger partial charge in [-0.25, -0.2) is 0 Å². The summed E-state index contributed by atoms with van der Waals surface area (Å²) in [6.07, 6.45) is 2.17. The highest BCUT2D eigenvalue weighted by Gasteiger charge is 2.36. The van der Waals surface area contributed by atoms with Crippen LogP contribution >= 0.6 is 0 Å². The summed E-state index contributed by atoms with van der Waals surface area (Å²) < 4.78 is 34.0. The molecule has 0 aromatic carbocycles. The highest BCUT2D eigenvalue weighted by atomic mass is 28.4. The largest absolute Gasteiger partial charge is 0.456 e. The van der Waals surface area contributed by atoms with Crippen LogP contribution in [0.4, 0.5) is 0 Å². The molecule has 1 rings (SSSR count). The summed E-state index contributed by atoms with van der Waals surface area (Å²) in [6, 6.07) is 1.15. The molecule has 1 aliphatic heterocycles. The first kappa shape index (κ1) is 26.2. The summed E-state index contributed by atoms with van der Waals surface area (Å²) in [5, 5.41) is 0. The Kier molecular flexibility index (Phi) is 12.6. The Morgan fingerprint density at radius 2 is 1.25 bits per heavy atom. The van der Waals surface area contributed by atoms with E-state index in [0.717, 1.165) is 45.3 Å². The predicted octanol–water partition coefficient (Wildman–Crippen LogP) is 3.93. The molecule has 0 saturated carbocycles. The first-order valence-corrected chi connectivity index (χ1v) is 17.3. The van der Waals surface area contributed by atoms with Crippen molar-refractivity contribution in [3.05, 3.63) is 0 Å². The Hall–Kier alpha value is 0.194. The molecule has 6 nitrogen and oxygen atoms in total. The summed E-state index contributed by atoms with van der Waals surface area (Å²) in [7, 11) is -2.96. The molecule has 0 aromatic heterocycles. The van der Waals surface area contributed by atoms with Crippen molar-refractivity contribution in [2.75, 3.05) is 66.1 Å². The van der Waals surface area contributed by atoms with E-state index in [1.54, 1.807) is 0 Å². The van der Waals surface area contributed by atoms with Gasteiger partial charge in [0, 0.05) is 12.0 Å². The fraction of sp³-hybridized carbons (Fsp3) is 1.00. The maximum Gasteiger partial charge on any atom is 0.173 e. The minimum absolute atomic E-state index is 0.252. The fourth-order valence-corrected chi connectivity index (χ4v) is 11.2. The highest BCUT2D eigenvalue weighted by molar-refractivity contribution is 6.84. The van der Waals surface area contributed by atoms with Gasteiger partial charge in [0.25, 0.3) is 0 Å². The molecule has 0 N–H and O–H groups in total. The lowest BCUT2D eigenvalue weighted by molar-refractivity contribution is -0.153. The van der Waals surface area contributed by atoms with E-state index in [0.29, 0.717) is 39.6 Å². The van der Waals surface area contributed by atoms with E-state index in [1.807, 2.05) is 0 Å². The van der Waals surface area contributed by atoms with Crippen LogP contribution in [0.25, 0.3) is 0 Å². The summed E-state index contributed by atoms with van der Waals surface area (Å²) >= 11 is 0. The van der Waals surface area contributed by atoms with E-state index in [4.69, 9.17) is 27.8 Å². The molecule has 0 unspecified atom stereocenters. The Morgan fingerprint density at radius 3 is 1.68 bits per heavy atom. The topological polar surface area (TPSA) is 55.4 Å². The van der Waals surface area contributed by atoms with Crippen LogP contribution in [0, 0.1) is 5.41 Å². The minimum atomic E-state index is -1.53. The normalized spacial score (nSPS) is 16.9. The number of hydrogen-bond donors (Lipinski definition) is 0. The average Bonchev–Trinajstić information content (AvgIpc) is 2.55. The van der Waals surface area contributed by atoms with Gasteiger partial charge in [0.1, 0.15) is 0 Å². The summed E-state index contributed by atoms with van der Waals surface area (Å²) in [5.41, 5.74) is 0.252. The third kappa shape index (κ3) is 12.7. The van der Waals surface area contributed by atoms with Crippen LogP contribution in [0.5, 0.6) is 0 Å². The molecule has 0 aliphatic carbocycles. The van der Waals surface area contributed by atoms with E-state index in [2.05, 4.69) is 39.7 Å². The molecule has 28 heavy (non-hydrogen) atoms. The summed E-state index contributed by atoms with van der Waals surface area (Å²) in [4.78, 5) is 0. The molecule has 0 aromatic rings. The molecule has 8 heteroatoms.